The van der Waals surface area contributed by atoms with Crippen molar-refractivity contribution in [1.82, 2.24) is 15.3 Å². The molecule has 4 nitrogen and oxygen atoms in total. The van der Waals surface area contributed by atoms with E-state index in [2.05, 4.69) is 33.2 Å². The summed E-state index contributed by atoms with van der Waals surface area (Å²) in [6.07, 6.45) is 0.985. The number of aromatic nitrogens is 2. The summed E-state index contributed by atoms with van der Waals surface area (Å²) in [5.41, 5.74) is 1.16. The minimum atomic E-state index is 0.815. The van der Waals surface area contributed by atoms with Gasteiger partial charge in [0.2, 0.25) is 0 Å². The van der Waals surface area contributed by atoms with Crippen molar-refractivity contribution >= 4 is 5.82 Å². The highest BCUT2D eigenvalue weighted by Gasteiger charge is 2.36. The molecule has 0 saturated carbocycles. The molecule has 92 valence electrons. The molecule has 3 rings (SSSR count). The molecule has 4 heteroatoms. The average molecular weight is 232 g/mol. The zero-order valence-electron chi connectivity index (χ0n) is 10.6. The largest absolute Gasteiger partial charge is 0.356 e. The second-order valence-corrected chi connectivity index (χ2v) is 5.20. The molecule has 1 aromatic heterocycles. The lowest BCUT2D eigenvalue weighted by molar-refractivity contribution is 0.533. The van der Waals surface area contributed by atoms with Crippen LogP contribution in [0.1, 0.15) is 18.4 Å². The zero-order chi connectivity index (χ0) is 11.8. The summed E-state index contributed by atoms with van der Waals surface area (Å²) in [4.78, 5) is 11.5. The molecule has 0 bridgehead atoms. The zero-order valence-corrected chi connectivity index (χ0v) is 10.6. The Balaban J connectivity index is 1.82. The van der Waals surface area contributed by atoms with E-state index in [1.807, 2.05) is 6.92 Å². The van der Waals surface area contributed by atoms with Crippen molar-refractivity contribution in [2.75, 3.05) is 31.1 Å². The van der Waals surface area contributed by atoms with Gasteiger partial charge in [-0.15, -0.1) is 0 Å². The number of fused-ring (bicyclic) bond motifs is 1. The Morgan fingerprint density at radius 2 is 2.00 bits per heavy atom. The highest BCUT2D eigenvalue weighted by molar-refractivity contribution is 5.42. The van der Waals surface area contributed by atoms with Crippen LogP contribution in [0.4, 0.5) is 5.82 Å². The minimum absolute atomic E-state index is 0.815. The van der Waals surface area contributed by atoms with Crippen molar-refractivity contribution in [3.8, 4) is 0 Å². The molecule has 0 amide bonds. The molecule has 0 aliphatic carbocycles. The van der Waals surface area contributed by atoms with E-state index >= 15 is 0 Å². The molecule has 1 N–H and O–H groups in total. The van der Waals surface area contributed by atoms with E-state index in [4.69, 9.17) is 0 Å². The second kappa shape index (κ2) is 4.26. The van der Waals surface area contributed by atoms with Crippen LogP contribution in [-0.4, -0.2) is 36.1 Å². The third kappa shape index (κ3) is 2.02. The summed E-state index contributed by atoms with van der Waals surface area (Å²) < 4.78 is 0. The molecular formula is C13H20N4. The molecule has 0 radical (unpaired) electrons. The highest BCUT2D eigenvalue weighted by Crippen LogP contribution is 2.29. The molecule has 2 aliphatic heterocycles. The maximum atomic E-state index is 4.59. The molecule has 0 spiro atoms. The van der Waals surface area contributed by atoms with E-state index in [9.17, 15) is 0 Å². The number of aryl methyl sites for hydroxylation is 2. The standard InChI is InChI=1S/C13H20N4/c1-3-12-4-13(16-9(2)15-12)17-7-10-5-14-6-11(10)8-17/h4,10-11,14H,3,5-8H2,1-2H3/t10-,11+. The second-order valence-electron chi connectivity index (χ2n) is 5.20. The number of rotatable bonds is 2. The van der Waals surface area contributed by atoms with Gasteiger partial charge < -0.3 is 10.2 Å². The monoisotopic (exact) mass is 232 g/mol. The lowest BCUT2D eigenvalue weighted by Crippen LogP contribution is -2.26. The molecule has 2 aliphatic rings. The van der Waals surface area contributed by atoms with Crippen LogP contribution in [-0.2, 0) is 6.42 Å². The summed E-state index contributed by atoms with van der Waals surface area (Å²) in [6, 6.07) is 2.15. The van der Waals surface area contributed by atoms with E-state index in [-0.39, 0.29) is 0 Å². The van der Waals surface area contributed by atoms with Crippen molar-refractivity contribution in [2.45, 2.75) is 20.3 Å². The van der Waals surface area contributed by atoms with E-state index in [1.54, 1.807) is 0 Å². The Kier molecular flexibility index (Phi) is 2.74. The maximum absolute atomic E-state index is 4.59. The third-order valence-corrected chi connectivity index (χ3v) is 3.95. The molecule has 0 unspecified atom stereocenters. The van der Waals surface area contributed by atoms with Crippen molar-refractivity contribution in [2.24, 2.45) is 11.8 Å². The summed E-state index contributed by atoms with van der Waals surface area (Å²) in [5, 5.41) is 3.47. The molecule has 2 saturated heterocycles. The van der Waals surface area contributed by atoms with Gasteiger partial charge >= 0.3 is 0 Å². The van der Waals surface area contributed by atoms with E-state index in [0.29, 0.717) is 0 Å². The van der Waals surface area contributed by atoms with Crippen LogP contribution in [0.15, 0.2) is 6.07 Å². The number of nitrogens with one attached hydrogen (secondary N) is 1. The summed E-state index contributed by atoms with van der Waals surface area (Å²) >= 11 is 0. The lowest BCUT2D eigenvalue weighted by Gasteiger charge is -2.19. The van der Waals surface area contributed by atoms with E-state index in [1.165, 1.54) is 13.1 Å². The van der Waals surface area contributed by atoms with Gasteiger partial charge in [0, 0.05) is 37.9 Å². The van der Waals surface area contributed by atoms with Gasteiger partial charge in [0.25, 0.3) is 0 Å². The van der Waals surface area contributed by atoms with Crippen molar-refractivity contribution in [1.29, 1.82) is 0 Å². The first-order valence-electron chi connectivity index (χ1n) is 6.56. The van der Waals surface area contributed by atoms with E-state index in [0.717, 1.165) is 48.7 Å². The summed E-state index contributed by atoms with van der Waals surface area (Å²) in [7, 11) is 0. The van der Waals surface area contributed by atoms with E-state index < -0.39 is 0 Å². The minimum Gasteiger partial charge on any atom is -0.356 e. The van der Waals surface area contributed by atoms with Crippen LogP contribution in [0, 0.1) is 18.8 Å². The van der Waals surface area contributed by atoms with Gasteiger partial charge in [-0.05, 0) is 25.2 Å². The van der Waals surface area contributed by atoms with Crippen LogP contribution in [0.2, 0.25) is 0 Å². The van der Waals surface area contributed by atoms with Crippen molar-refractivity contribution in [3.05, 3.63) is 17.6 Å². The highest BCUT2D eigenvalue weighted by atomic mass is 15.2. The number of anilines is 1. The first kappa shape index (κ1) is 11.0. The van der Waals surface area contributed by atoms with Gasteiger partial charge in [-0.3, -0.25) is 0 Å². The third-order valence-electron chi connectivity index (χ3n) is 3.95. The van der Waals surface area contributed by atoms with Gasteiger partial charge in [0.05, 0.1) is 0 Å². The van der Waals surface area contributed by atoms with Crippen molar-refractivity contribution < 1.29 is 0 Å². The summed E-state index contributed by atoms with van der Waals surface area (Å²) in [6.45, 7) is 8.78. The fraction of sp³-hybridized carbons (Fsp3) is 0.692. The molecule has 1 aromatic rings. The Hall–Kier alpha value is -1.16. The van der Waals surface area contributed by atoms with Crippen LogP contribution in [0.5, 0.6) is 0 Å². The molecule has 0 aromatic carbocycles. The van der Waals surface area contributed by atoms with Crippen molar-refractivity contribution in [3.63, 3.8) is 0 Å². The Morgan fingerprint density at radius 3 is 2.65 bits per heavy atom. The number of hydrogen-bond donors (Lipinski definition) is 1. The smallest absolute Gasteiger partial charge is 0.132 e. The molecule has 17 heavy (non-hydrogen) atoms. The Bertz CT molecular complexity index is 406. The quantitative estimate of drug-likeness (QED) is 0.826. The topological polar surface area (TPSA) is 41.0 Å². The Labute approximate surface area is 102 Å². The average Bonchev–Trinajstić information content (AvgIpc) is 2.88. The van der Waals surface area contributed by atoms with Gasteiger partial charge in [-0.25, -0.2) is 9.97 Å². The normalized spacial score (nSPS) is 27.5. The van der Waals surface area contributed by atoms with Crippen LogP contribution in [0.3, 0.4) is 0 Å². The molecular weight excluding hydrogens is 212 g/mol. The first-order chi connectivity index (χ1) is 8.26. The van der Waals surface area contributed by atoms with Gasteiger partial charge in [-0.1, -0.05) is 6.92 Å². The van der Waals surface area contributed by atoms with Gasteiger partial charge in [0.15, 0.2) is 0 Å². The fourth-order valence-electron chi connectivity index (χ4n) is 3.00. The first-order valence-corrected chi connectivity index (χ1v) is 6.56. The number of nitrogens with zero attached hydrogens (tertiary/aromatic N) is 3. The van der Waals surface area contributed by atoms with Crippen LogP contribution < -0.4 is 10.2 Å². The lowest BCUT2D eigenvalue weighted by atomic mass is 10.0. The fourth-order valence-corrected chi connectivity index (χ4v) is 3.00. The molecule has 2 fully saturated rings. The molecule has 2 atom stereocenters. The van der Waals surface area contributed by atoms with Gasteiger partial charge in [0.1, 0.15) is 11.6 Å². The van der Waals surface area contributed by atoms with Gasteiger partial charge in [-0.2, -0.15) is 0 Å². The SMILES string of the molecule is CCc1cc(N2C[C@H]3CNC[C@H]3C2)nc(C)n1. The Morgan fingerprint density at radius 1 is 1.29 bits per heavy atom. The summed E-state index contributed by atoms with van der Waals surface area (Å²) in [5.74, 6) is 3.66. The van der Waals surface area contributed by atoms with Crippen LogP contribution in [0.25, 0.3) is 0 Å². The maximum Gasteiger partial charge on any atom is 0.132 e. The predicted molar refractivity (Wildman–Crippen MR) is 68.2 cm³/mol. The number of hydrogen-bond acceptors (Lipinski definition) is 4. The predicted octanol–water partition coefficient (Wildman–Crippen LogP) is 1.00. The van der Waals surface area contributed by atoms with Crippen LogP contribution >= 0.6 is 0 Å². The molecule has 3 heterocycles.